The van der Waals surface area contributed by atoms with Crippen LogP contribution >= 0.6 is 0 Å². The fourth-order valence-electron chi connectivity index (χ4n) is 10.7. The second kappa shape index (κ2) is 21.4. The Balaban J connectivity index is 0.00000645. The summed E-state index contributed by atoms with van der Waals surface area (Å²) in [7, 11) is 0. The maximum absolute atomic E-state index is 12.8. The number of nitrogens with zero attached hydrogens (tertiary/aromatic N) is 3. The maximum Gasteiger partial charge on any atom is 0.148 e. The van der Waals surface area contributed by atoms with Crippen molar-refractivity contribution in [2.24, 2.45) is 0 Å². The molecule has 382 valence electrons. The minimum Gasteiger partial charge on any atom is -0.507 e. The zero-order valence-corrected chi connectivity index (χ0v) is 46.6. The third-order valence-electron chi connectivity index (χ3n) is 15.2. The summed E-state index contributed by atoms with van der Waals surface area (Å²) in [6.07, 6.45) is 1.90. The molecular weight excluding hydrogens is 1130 g/mol. The van der Waals surface area contributed by atoms with Gasteiger partial charge in [0.15, 0.2) is 0 Å². The summed E-state index contributed by atoms with van der Waals surface area (Å²) in [6, 6.07) is 91.2. The molecule has 0 saturated heterocycles. The van der Waals surface area contributed by atoms with E-state index in [2.05, 4.69) is 270 Å². The van der Waals surface area contributed by atoms with Gasteiger partial charge in [-0.25, -0.2) is 4.98 Å². The first-order chi connectivity index (χ1) is 37.5. The van der Waals surface area contributed by atoms with Gasteiger partial charge in [0.25, 0.3) is 0 Å². The van der Waals surface area contributed by atoms with Crippen molar-refractivity contribution in [3.05, 3.63) is 278 Å². The van der Waals surface area contributed by atoms with Crippen molar-refractivity contribution in [2.45, 2.75) is 45.4 Å². The van der Waals surface area contributed by atoms with E-state index >= 15 is 0 Å². The number of phenols is 1. The molecule has 0 bridgehead atoms. The summed E-state index contributed by atoms with van der Waals surface area (Å²) in [4.78, 5) is 10.8. The molecule has 0 unspecified atom stereocenters. The molecule has 78 heavy (non-hydrogen) atoms. The molecule has 0 amide bonds. The molecule has 4 nitrogen and oxygen atoms in total. The minimum atomic E-state index is -0.148. The zero-order valence-electron chi connectivity index (χ0n) is 44.4. The van der Waals surface area contributed by atoms with E-state index in [0.717, 1.165) is 94.7 Å². The number of pyridine rings is 1. The molecule has 0 spiro atoms. The molecule has 0 saturated carbocycles. The summed E-state index contributed by atoms with van der Waals surface area (Å²) >= 11 is 0. The second-order valence-electron chi connectivity index (χ2n) is 21.5. The van der Waals surface area contributed by atoms with Crippen LogP contribution in [0.1, 0.15) is 51.3 Å². The molecule has 0 aliphatic rings. The van der Waals surface area contributed by atoms with Crippen LogP contribution < -0.4 is 0 Å². The van der Waals surface area contributed by atoms with Crippen LogP contribution in [0, 0.1) is 6.07 Å². The first kappa shape index (κ1) is 51.4. The van der Waals surface area contributed by atoms with E-state index in [1.54, 1.807) is 0 Å². The first-order valence-corrected chi connectivity index (χ1v) is 26.4. The summed E-state index contributed by atoms with van der Waals surface area (Å²) in [5.74, 6) is 0.773. The Morgan fingerprint density at radius 3 is 1.53 bits per heavy atom. The molecule has 12 rings (SSSR count). The summed E-state index contributed by atoms with van der Waals surface area (Å²) in [5, 5.41) is 12.8. The average molecular weight is 1190 g/mol. The number of aromatic nitrogens is 3. The van der Waals surface area contributed by atoms with Crippen molar-refractivity contribution in [1.82, 2.24) is 14.5 Å². The molecule has 0 aliphatic heterocycles. The molecule has 10 aromatic carbocycles. The van der Waals surface area contributed by atoms with E-state index in [0.29, 0.717) is 11.4 Å². The SMILES string of the molecule is CC(C)(C)c1ccc(-n2c(-c3cc(-c4ccccc4)cc(-c4ccccc4)c3O)nc3c(-c4[c-]c(-c5cc(-c6ccc(C(C)(C)c7ccccc7)cc6)ccn5)cc(-c5ccccc5)c4)cccc32)c(-c2ccccc2)c1.[Pt]. The van der Waals surface area contributed by atoms with Crippen molar-refractivity contribution in [2.75, 3.05) is 0 Å². The number of fused-ring (bicyclic) bond motifs is 1. The van der Waals surface area contributed by atoms with Crippen molar-refractivity contribution >= 4 is 11.0 Å². The smallest absolute Gasteiger partial charge is 0.148 e. The van der Waals surface area contributed by atoms with Crippen molar-refractivity contribution in [1.29, 1.82) is 0 Å². The van der Waals surface area contributed by atoms with Gasteiger partial charge in [-0.2, -0.15) is 0 Å². The Labute approximate surface area is 472 Å². The molecule has 0 fully saturated rings. The van der Waals surface area contributed by atoms with E-state index in [4.69, 9.17) is 9.97 Å². The number of aromatic hydroxyl groups is 1. The van der Waals surface area contributed by atoms with Crippen molar-refractivity contribution in [3.63, 3.8) is 0 Å². The van der Waals surface area contributed by atoms with Crippen LogP contribution in [0.25, 0.3) is 106 Å². The Morgan fingerprint density at radius 1 is 0.397 bits per heavy atom. The van der Waals surface area contributed by atoms with Gasteiger partial charge >= 0.3 is 0 Å². The Kier molecular flexibility index (Phi) is 14.1. The Hall–Kier alpha value is -8.69. The van der Waals surface area contributed by atoms with Gasteiger partial charge in [0.1, 0.15) is 11.6 Å². The number of rotatable bonds is 11. The third-order valence-corrected chi connectivity index (χ3v) is 15.2. The van der Waals surface area contributed by atoms with Gasteiger partial charge in [0, 0.05) is 49.5 Å². The number of phenolic OH excluding ortho intramolecular Hbond substituents is 1. The van der Waals surface area contributed by atoms with Gasteiger partial charge in [0.05, 0.1) is 22.3 Å². The molecule has 0 atom stereocenters. The molecule has 0 radical (unpaired) electrons. The van der Waals surface area contributed by atoms with Gasteiger partial charge < -0.3 is 5.11 Å². The van der Waals surface area contributed by atoms with E-state index in [1.165, 1.54) is 16.7 Å². The Morgan fingerprint density at radius 2 is 0.910 bits per heavy atom. The fraction of sp³-hybridized carbons (Fsp3) is 0.0959. The van der Waals surface area contributed by atoms with Gasteiger partial charge in [0.2, 0.25) is 0 Å². The number of hydrogen-bond donors (Lipinski definition) is 1. The van der Waals surface area contributed by atoms with Crippen LogP contribution in [0.3, 0.4) is 0 Å². The van der Waals surface area contributed by atoms with Crippen LogP contribution in [-0.4, -0.2) is 19.6 Å². The predicted octanol–water partition coefficient (Wildman–Crippen LogP) is 18.9. The van der Waals surface area contributed by atoms with Crippen molar-refractivity contribution in [3.8, 4) is 101 Å². The van der Waals surface area contributed by atoms with Crippen LogP contribution in [-0.2, 0) is 31.9 Å². The van der Waals surface area contributed by atoms with Crippen LogP contribution in [0.4, 0.5) is 0 Å². The normalized spacial score (nSPS) is 11.6. The van der Waals surface area contributed by atoms with Crippen LogP contribution in [0.15, 0.2) is 255 Å². The number of hydrogen-bond acceptors (Lipinski definition) is 3. The largest absolute Gasteiger partial charge is 0.507 e. The van der Waals surface area contributed by atoms with Crippen molar-refractivity contribution < 1.29 is 26.2 Å². The molecular formula is C73H58N3OPt-. The van der Waals surface area contributed by atoms with Crippen LogP contribution in [0.2, 0.25) is 0 Å². The molecule has 2 aromatic heterocycles. The zero-order chi connectivity index (χ0) is 52.7. The van der Waals surface area contributed by atoms with Gasteiger partial charge in [-0.1, -0.05) is 251 Å². The third kappa shape index (κ3) is 9.97. The number of imidazole rings is 1. The minimum absolute atomic E-state index is 0. The molecule has 5 heteroatoms. The standard InChI is InChI=1S/C73H58N3O.Pt/c1-72(2,3)61-38-39-67(63(48-61)52-26-15-8-16-27-52)76-68-33-21-32-62(69(68)75-71(76)65-46-56(50-24-13-7-14-25-50)45-64(70(65)77)53-28-17-9-18-29-53)57-42-55(49-22-11-6-12-23-49)43-58(44-57)66-47-54(40-41-74-66)51-34-36-60(37-35-51)73(4,5)59-30-19-10-20-31-59;/h6-43,45-48,77H,1-5H3;/q-1;. The summed E-state index contributed by atoms with van der Waals surface area (Å²) in [6.45, 7) is 11.3. The summed E-state index contributed by atoms with van der Waals surface area (Å²) in [5.41, 5.74) is 20.3. The van der Waals surface area contributed by atoms with E-state index in [9.17, 15) is 5.11 Å². The molecule has 1 N–H and O–H groups in total. The van der Waals surface area contributed by atoms with Gasteiger partial charge in [-0.05, 0) is 97.4 Å². The van der Waals surface area contributed by atoms with Crippen LogP contribution in [0.5, 0.6) is 5.75 Å². The predicted molar refractivity (Wildman–Crippen MR) is 320 cm³/mol. The maximum atomic E-state index is 12.8. The first-order valence-electron chi connectivity index (χ1n) is 26.4. The number of para-hydroxylation sites is 1. The van der Waals surface area contributed by atoms with Gasteiger partial charge in [-0.15, -0.1) is 23.8 Å². The van der Waals surface area contributed by atoms with E-state index in [1.807, 2.05) is 30.5 Å². The van der Waals surface area contributed by atoms with E-state index in [-0.39, 0.29) is 37.6 Å². The average Bonchev–Trinajstić information content (AvgIpc) is 3.88. The van der Waals surface area contributed by atoms with E-state index < -0.39 is 0 Å². The quantitative estimate of drug-likeness (QED) is 0.131. The number of benzene rings is 10. The summed E-state index contributed by atoms with van der Waals surface area (Å²) < 4.78 is 2.26. The molecule has 12 aromatic rings. The van der Waals surface area contributed by atoms with Gasteiger partial charge in [-0.3, -0.25) is 9.55 Å². The monoisotopic (exact) mass is 1190 g/mol. The molecule has 2 heterocycles. The fourth-order valence-corrected chi connectivity index (χ4v) is 10.7. The molecule has 0 aliphatic carbocycles. The Bertz CT molecular complexity index is 4070. The topological polar surface area (TPSA) is 50.9 Å². The second-order valence-corrected chi connectivity index (χ2v) is 21.5.